The number of anilines is 1. The summed E-state index contributed by atoms with van der Waals surface area (Å²) >= 11 is 1.50. The van der Waals surface area contributed by atoms with Gasteiger partial charge < -0.3 is 15.4 Å². The van der Waals surface area contributed by atoms with E-state index >= 15 is 0 Å². The second-order valence-electron chi connectivity index (χ2n) is 8.31. The number of ether oxygens (including phenoxy) is 1. The van der Waals surface area contributed by atoms with E-state index in [1.807, 2.05) is 13.8 Å². The molecule has 1 aliphatic carbocycles. The van der Waals surface area contributed by atoms with Crippen LogP contribution in [0.25, 0.3) is 0 Å². The van der Waals surface area contributed by atoms with Gasteiger partial charge in [-0.3, -0.25) is 9.59 Å². The van der Waals surface area contributed by atoms with Gasteiger partial charge in [-0.1, -0.05) is 6.08 Å². The molecule has 2 N–H and O–H groups in total. The average Bonchev–Trinajstić information content (AvgIpc) is 3.46. The second kappa shape index (κ2) is 10.6. The van der Waals surface area contributed by atoms with E-state index in [0.717, 1.165) is 31.2 Å². The summed E-state index contributed by atoms with van der Waals surface area (Å²) in [6.45, 7) is 8.24. The molecule has 0 bridgehead atoms. The van der Waals surface area contributed by atoms with Crippen molar-refractivity contribution in [2.45, 2.75) is 52.2 Å². The molecule has 34 heavy (non-hydrogen) atoms. The Morgan fingerprint density at radius 1 is 1.21 bits per heavy atom. The number of hydrogen-bond donors (Lipinski definition) is 2. The van der Waals surface area contributed by atoms with E-state index in [9.17, 15) is 9.59 Å². The molecule has 0 saturated heterocycles. The molecular formula is C24H28N6O3S. The molecule has 0 unspecified atom stereocenters. The number of aromatic nitrogens is 4. The molecule has 2 heterocycles. The van der Waals surface area contributed by atoms with Crippen molar-refractivity contribution in [1.82, 2.24) is 25.5 Å². The second-order valence-corrected chi connectivity index (χ2v) is 9.42. The van der Waals surface area contributed by atoms with E-state index in [0.29, 0.717) is 34.2 Å². The molecule has 2 aromatic heterocycles. The van der Waals surface area contributed by atoms with Crippen LogP contribution in [0.3, 0.4) is 0 Å². The molecule has 3 aromatic rings. The fourth-order valence-electron chi connectivity index (χ4n) is 3.88. The summed E-state index contributed by atoms with van der Waals surface area (Å²) < 4.78 is 7.48. The summed E-state index contributed by atoms with van der Waals surface area (Å²) in [4.78, 5) is 27.0. The van der Waals surface area contributed by atoms with E-state index in [-0.39, 0.29) is 24.5 Å². The third-order valence-corrected chi connectivity index (χ3v) is 6.77. The molecule has 1 aliphatic rings. The van der Waals surface area contributed by atoms with Crippen molar-refractivity contribution in [2.24, 2.45) is 0 Å². The predicted molar refractivity (Wildman–Crippen MR) is 130 cm³/mol. The van der Waals surface area contributed by atoms with Gasteiger partial charge in [-0.15, -0.1) is 23.0 Å². The Hall–Kier alpha value is -3.53. The first-order valence-electron chi connectivity index (χ1n) is 11.3. The van der Waals surface area contributed by atoms with E-state index in [1.165, 1.54) is 16.2 Å². The summed E-state index contributed by atoms with van der Waals surface area (Å²) in [5, 5.41) is 18.0. The molecule has 0 aliphatic heterocycles. The maximum Gasteiger partial charge on any atom is 0.256 e. The zero-order valence-corrected chi connectivity index (χ0v) is 20.2. The molecule has 10 heteroatoms. The number of benzene rings is 1. The zero-order chi connectivity index (χ0) is 24.1. The van der Waals surface area contributed by atoms with Crippen LogP contribution in [0, 0.1) is 0 Å². The summed E-state index contributed by atoms with van der Waals surface area (Å²) in [6.07, 6.45) is 5.57. The highest BCUT2D eigenvalue weighted by Gasteiger charge is 2.26. The number of nitrogens with zero attached hydrogens (tertiary/aromatic N) is 4. The molecule has 4 rings (SSSR count). The topological polar surface area (TPSA) is 111 Å². The van der Waals surface area contributed by atoms with Crippen LogP contribution < -0.4 is 15.4 Å². The van der Waals surface area contributed by atoms with Gasteiger partial charge in [0.15, 0.2) is 5.82 Å². The quantitative estimate of drug-likeness (QED) is 0.449. The lowest BCUT2D eigenvalue weighted by molar-refractivity contribution is 0.0958. The van der Waals surface area contributed by atoms with Crippen LogP contribution in [0.4, 0.5) is 5.00 Å². The van der Waals surface area contributed by atoms with Gasteiger partial charge in [0, 0.05) is 17.0 Å². The average molecular weight is 481 g/mol. The molecular weight excluding hydrogens is 452 g/mol. The highest BCUT2D eigenvalue weighted by atomic mass is 32.1. The maximum atomic E-state index is 13.0. The monoisotopic (exact) mass is 480 g/mol. The van der Waals surface area contributed by atoms with E-state index in [2.05, 4.69) is 32.7 Å². The first-order valence-corrected chi connectivity index (χ1v) is 12.1. The number of amides is 2. The largest absolute Gasteiger partial charge is 0.486 e. The highest BCUT2D eigenvalue weighted by Crippen LogP contribution is 2.38. The summed E-state index contributed by atoms with van der Waals surface area (Å²) in [5.74, 6) is 0.778. The Morgan fingerprint density at radius 2 is 1.97 bits per heavy atom. The smallest absolute Gasteiger partial charge is 0.256 e. The minimum Gasteiger partial charge on any atom is -0.486 e. The SMILES string of the molecule is C=CCNC(=O)c1c(NC(=O)c2ccc(OCc3nnnn3C(C)C)cc2)sc2c1CCCC2. The molecule has 0 fully saturated rings. The Labute approximate surface area is 202 Å². The Morgan fingerprint density at radius 3 is 2.71 bits per heavy atom. The minimum absolute atomic E-state index is 0.131. The van der Waals surface area contributed by atoms with Crippen LogP contribution in [0.5, 0.6) is 5.75 Å². The standard InChI is InChI=1S/C24H28N6O3S/c1-4-13-25-23(32)21-18-7-5-6-8-19(18)34-24(21)26-22(31)16-9-11-17(12-10-16)33-14-20-27-28-29-30(20)15(2)3/h4,9-12,15H,1,5-8,13-14H2,2-3H3,(H,25,32)(H,26,31). The van der Waals surface area contributed by atoms with Crippen molar-refractivity contribution >= 4 is 28.2 Å². The Kier molecular flexibility index (Phi) is 7.36. The first kappa shape index (κ1) is 23.6. The summed E-state index contributed by atoms with van der Waals surface area (Å²) in [6, 6.07) is 6.99. The van der Waals surface area contributed by atoms with Crippen LogP contribution >= 0.6 is 11.3 Å². The van der Waals surface area contributed by atoms with Gasteiger partial charge in [-0.2, -0.15) is 0 Å². The van der Waals surface area contributed by atoms with Crippen molar-refractivity contribution in [3.63, 3.8) is 0 Å². The third-order valence-electron chi connectivity index (χ3n) is 5.57. The number of hydrogen-bond acceptors (Lipinski definition) is 7. The summed E-state index contributed by atoms with van der Waals surface area (Å²) in [5.41, 5.74) is 2.11. The van der Waals surface area contributed by atoms with Crippen molar-refractivity contribution in [3.8, 4) is 5.75 Å². The zero-order valence-electron chi connectivity index (χ0n) is 19.3. The van der Waals surface area contributed by atoms with Crippen molar-refractivity contribution in [2.75, 3.05) is 11.9 Å². The number of thiophene rings is 1. The van der Waals surface area contributed by atoms with E-state index in [1.54, 1.807) is 35.0 Å². The molecule has 2 amide bonds. The Bertz CT molecular complexity index is 1180. The fourth-order valence-corrected chi connectivity index (χ4v) is 5.16. The van der Waals surface area contributed by atoms with Gasteiger partial charge in [0.1, 0.15) is 17.4 Å². The van der Waals surface area contributed by atoms with Crippen LogP contribution in [-0.2, 0) is 19.4 Å². The third kappa shape index (κ3) is 5.17. The Balaban J connectivity index is 1.45. The first-order chi connectivity index (χ1) is 16.5. The van der Waals surface area contributed by atoms with Gasteiger partial charge in [0.05, 0.1) is 11.6 Å². The summed E-state index contributed by atoms with van der Waals surface area (Å²) in [7, 11) is 0. The number of nitrogens with one attached hydrogen (secondary N) is 2. The molecule has 0 radical (unpaired) electrons. The lowest BCUT2D eigenvalue weighted by atomic mass is 9.95. The number of carbonyl (C=O) groups is 2. The number of fused-ring (bicyclic) bond motifs is 1. The van der Waals surface area contributed by atoms with Crippen LogP contribution in [0.1, 0.15) is 69.7 Å². The lowest BCUT2D eigenvalue weighted by Gasteiger charge is -2.13. The number of carbonyl (C=O) groups excluding carboxylic acids is 2. The van der Waals surface area contributed by atoms with E-state index in [4.69, 9.17) is 4.74 Å². The molecule has 0 spiro atoms. The number of tetrazole rings is 1. The highest BCUT2D eigenvalue weighted by molar-refractivity contribution is 7.17. The number of rotatable bonds is 9. The molecule has 178 valence electrons. The van der Waals surface area contributed by atoms with Gasteiger partial charge in [0.25, 0.3) is 11.8 Å². The van der Waals surface area contributed by atoms with Gasteiger partial charge in [-0.05, 0) is 79.8 Å². The minimum atomic E-state index is -0.272. The molecule has 9 nitrogen and oxygen atoms in total. The normalized spacial score (nSPS) is 12.8. The van der Waals surface area contributed by atoms with Gasteiger partial charge in [0.2, 0.25) is 0 Å². The molecule has 1 aromatic carbocycles. The number of aryl methyl sites for hydroxylation is 1. The maximum absolute atomic E-state index is 13.0. The van der Waals surface area contributed by atoms with Crippen LogP contribution in [0.15, 0.2) is 36.9 Å². The fraction of sp³-hybridized carbons (Fsp3) is 0.375. The predicted octanol–water partition coefficient (Wildman–Crippen LogP) is 3.94. The van der Waals surface area contributed by atoms with Crippen LogP contribution in [0.2, 0.25) is 0 Å². The van der Waals surface area contributed by atoms with Crippen LogP contribution in [-0.4, -0.2) is 38.6 Å². The van der Waals surface area contributed by atoms with E-state index < -0.39 is 0 Å². The van der Waals surface area contributed by atoms with Crippen molar-refractivity contribution < 1.29 is 14.3 Å². The van der Waals surface area contributed by atoms with Crippen molar-refractivity contribution in [1.29, 1.82) is 0 Å². The van der Waals surface area contributed by atoms with Gasteiger partial charge >= 0.3 is 0 Å². The van der Waals surface area contributed by atoms with Gasteiger partial charge in [-0.25, -0.2) is 4.68 Å². The van der Waals surface area contributed by atoms with Crippen molar-refractivity contribution in [3.05, 3.63) is 64.3 Å². The lowest BCUT2D eigenvalue weighted by Crippen LogP contribution is -2.25. The molecule has 0 saturated carbocycles. The molecule has 0 atom stereocenters.